The summed E-state index contributed by atoms with van der Waals surface area (Å²) >= 11 is 0. The maximum atomic E-state index is 12.8. The van der Waals surface area contributed by atoms with Gasteiger partial charge in [0.2, 0.25) is 0 Å². The monoisotopic (exact) mass is 740 g/mol. The van der Waals surface area contributed by atoms with Gasteiger partial charge in [0, 0.05) is 24.1 Å². The Bertz CT molecular complexity index is 2690. The van der Waals surface area contributed by atoms with Crippen molar-refractivity contribution in [2.75, 3.05) is 0 Å². The van der Waals surface area contributed by atoms with E-state index in [2.05, 4.69) is 150 Å². The number of nitrogens with zero attached hydrogens (tertiary/aromatic N) is 6. The summed E-state index contributed by atoms with van der Waals surface area (Å²) < 4.78 is 4.06. The van der Waals surface area contributed by atoms with E-state index >= 15 is 0 Å². The van der Waals surface area contributed by atoms with Crippen LogP contribution in [0.2, 0.25) is 0 Å². The number of aromatic nitrogens is 6. The molecule has 7 nitrogen and oxygen atoms in total. The van der Waals surface area contributed by atoms with Gasteiger partial charge in [-0.2, -0.15) is 0 Å². The Kier molecular flexibility index (Phi) is 9.63. The molecular formula is C50H40N6O. The van der Waals surface area contributed by atoms with Gasteiger partial charge in [-0.05, 0) is 61.0 Å². The zero-order valence-corrected chi connectivity index (χ0v) is 31.6. The number of carbonyl (C=O) groups excluding carboxylic acids is 1. The van der Waals surface area contributed by atoms with Crippen molar-refractivity contribution in [3.63, 3.8) is 0 Å². The molecule has 0 unspecified atom stereocenters. The van der Waals surface area contributed by atoms with Gasteiger partial charge in [0.1, 0.15) is 22.8 Å². The Balaban J connectivity index is 1.12. The minimum absolute atomic E-state index is 0.523. The molecule has 0 fully saturated rings. The Hall–Kier alpha value is -7.25. The first-order valence-electron chi connectivity index (χ1n) is 19.4. The first kappa shape index (κ1) is 35.5. The molecule has 0 amide bonds. The van der Waals surface area contributed by atoms with Gasteiger partial charge in [-0.1, -0.05) is 189 Å². The number of rotatable bonds is 12. The van der Waals surface area contributed by atoms with Crippen LogP contribution in [-0.4, -0.2) is 36.0 Å². The molecule has 0 N–H and O–H groups in total. The van der Waals surface area contributed by atoms with E-state index in [1.54, 1.807) is 0 Å². The minimum atomic E-state index is -0.873. The Morgan fingerprint density at radius 3 is 1.79 bits per heavy atom. The molecule has 7 aromatic carbocycles. The minimum Gasteiger partial charge on any atom is -0.321 e. The highest BCUT2D eigenvalue weighted by Gasteiger charge is 2.42. The highest BCUT2D eigenvalue weighted by atomic mass is 16.1. The fraction of sp³-hybridized carbons (Fsp3) is 0.100. The van der Waals surface area contributed by atoms with E-state index in [0.717, 1.165) is 85.9 Å². The van der Waals surface area contributed by atoms with E-state index < -0.39 is 5.54 Å². The molecule has 0 aliphatic heterocycles. The Labute approximate surface area is 331 Å². The average Bonchev–Trinajstić information content (AvgIpc) is 3.90. The van der Waals surface area contributed by atoms with Gasteiger partial charge < -0.3 is 4.57 Å². The third-order valence-electron chi connectivity index (χ3n) is 10.9. The van der Waals surface area contributed by atoms with E-state index in [0.29, 0.717) is 18.1 Å². The van der Waals surface area contributed by atoms with Crippen LogP contribution < -0.4 is 0 Å². The van der Waals surface area contributed by atoms with Crippen molar-refractivity contribution in [1.29, 1.82) is 0 Å². The predicted octanol–water partition coefficient (Wildman–Crippen LogP) is 10.7. The molecule has 0 saturated carbocycles. The van der Waals surface area contributed by atoms with Gasteiger partial charge in [-0.3, -0.25) is 4.79 Å². The zero-order valence-electron chi connectivity index (χ0n) is 31.6. The number of aldehydes is 1. The normalized spacial score (nSPS) is 11.5. The highest BCUT2D eigenvalue weighted by Crippen LogP contribution is 2.43. The van der Waals surface area contributed by atoms with Crippen LogP contribution in [-0.2, 0) is 18.5 Å². The van der Waals surface area contributed by atoms with Crippen LogP contribution in [0.15, 0.2) is 182 Å². The van der Waals surface area contributed by atoms with Gasteiger partial charge in [-0.15, -0.1) is 5.10 Å². The van der Waals surface area contributed by atoms with Crippen LogP contribution in [0.3, 0.4) is 0 Å². The molecule has 0 aliphatic rings. The largest absolute Gasteiger partial charge is 0.321 e. The third kappa shape index (κ3) is 6.33. The summed E-state index contributed by atoms with van der Waals surface area (Å²) in [5.74, 6) is 1.55. The van der Waals surface area contributed by atoms with Gasteiger partial charge in [-0.25, -0.2) is 9.67 Å². The number of fused-ring (bicyclic) bond motifs is 1. The summed E-state index contributed by atoms with van der Waals surface area (Å²) in [4.78, 5) is 17.9. The van der Waals surface area contributed by atoms with Gasteiger partial charge in [0.15, 0.2) is 12.1 Å². The fourth-order valence-corrected chi connectivity index (χ4v) is 8.24. The van der Waals surface area contributed by atoms with Gasteiger partial charge in [0.05, 0.1) is 0 Å². The first-order chi connectivity index (χ1) is 28.2. The van der Waals surface area contributed by atoms with Crippen LogP contribution in [0, 0.1) is 0 Å². The predicted molar refractivity (Wildman–Crippen MR) is 227 cm³/mol. The third-order valence-corrected chi connectivity index (χ3v) is 10.9. The molecule has 0 spiro atoms. The molecule has 2 heterocycles. The average molecular weight is 741 g/mol. The van der Waals surface area contributed by atoms with Crippen molar-refractivity contribution in [2.45, 2.75) is 31.8 Å². The molecule has 7 heteroatoms. The number of tetrazole rings is 1. The summed E-state index contributed by atoms with van der Waals surface area (Å²) in [6.07, 6.45) is 2.64. The van der Waals surface area contributed by atoms with E-state index in [1.165, 1.54) is 0 Å². The number of imidazole rings is 1. The molecule has 0 aliphatic carbocycles. The lowest BCUT2D eigenvalue weighted by atomic mass is 9.77. The lowest BCUT2D eigenvalue weighted by Crippen LogP contribution is -2.39. The van der Waals surface area contributed by atoms with Crippen molar-refractivity contribution in [3.8, 4) is 33.8 Å². The quantitative estimate of drug-likeness (QED) is 0.0920. The summed E-state index contributed by atoms with van der Waals surface area (Å²) in [6, 6.07) is 62.6. The van der Waals surface area contributed by atoms with Crippen LogP contribution in [0.1, 0.15) is 51.9 Å². The van der Waals surface area contributed by atoms with Gasteiger partial charge >= 0.3 is 0 Å². The topological polar surface area (TPSA) is 78.5 Å². The summed E-state index contributed by atoms with van der Waals surface area (Å²) in [5.41, 5.74) is 8.54. The first-order valence-corrected chi connectivity index (χ1v) is 19.4. The maximum Gasteiger partial charge on any atom is 0.184 e. The molecule has 0 radical (unpaired) electrons. The Morgan fingerprint density at radius 2 is 1.16 bits per heavy atom. The molecule has 9 aromatic rings. The molecule has 9 rings (SSSR count). The van der Waals surface area contributed by atoms with Crippen molar-refractivity contribution in [1.82, 2.24) is 29.8 Å². The summed E-state index contributed by atoms with van der Waals surface area (Å²) in [7, 11) is 0. The second-order valence-electron chi connectivity index (χ2n) is 14.2. The second kappa shape index (κ2) is 15.5. The summed E-state index contributed by atoms with van der Waals surface area (Å²) in [6.45, 7) is 2.67. The van der Waals surface area contributed by atoms with Crippen molar-refractivity contribution < 1.29 is 4.79 Å². The smallest absolute Gasteiger partial charge is 0.184 e. The van der Waals surface area contributed by atoms with E-state index in [1.807, 2.05) is 53.2 Å². The lowest BCUT2D eigenvalue weighted by Gasteiger charge is -2.36. The molecule has 57 heavy (non-hydrogen) atoms. The lowest BCUT2D eigenvalue weighted by molar-refractivity contribution is 0.111. The zero-order chi connectivity index (χ0) is 38.6. The van der Waals surface area contributed by atoms with Crippen LogP contribution >= 0.6 is 0 Å². The van der Waals surface area contributed by atoms with Crippen molar-refractivity contribution in [3.05, 3.63) is 216 Å². The van der Waals surface area contributed by atoms with E-state index in [-0.39, 0.29) is 0 Å². The molecule has 0 saturated heterocycles. The summed E-state index contributed by atoms with van der Waals surface area (Å²) in [5, 5.41) is 16.1. The Morgan fingerprint density at radius 1 is 0.596 bits per heavy atom. The molecule has 0 bridgehead atoms. The molecule has 0 atom stereocenters. The molecule has 2 aromatic heterocycles. The van der Waals surface area contributed by atoms with E-state index in [4.69, 9.17) is 15.3 Å². The maximum absolute atomic E-state index is 12.8. The van der Waals surface area contributed by atoms with Crippen LogP contribution in [0.4, 0.5) is 0 Å². The molecule has 276 valence electrons. The van der Waals surface area contributed by atoms with Crippen LogP contribution in [0.5, 0.6) is 0 Å². The number of aryl methyl sites for hydroxylation is 1. The number of carbonyl (C=O) groups is 1. The van der Waals surface area contributed by atoms with Gasteiger partial charge in [0.25, 0.3) is 0 Å². The number of benzene rings is 7. The fourth-order valence-electron chi connectivity index (χ4n) is 8.24. The SMILES string of the molecule is CCCc1nc(-c2cccc3ccccc23)c(C=O)n1Cc1ccc(-c2ccccc2-c2nnnn2C(c2ccccc2)(c2ccccc2)c2ccccc2)cc1. The standard InChI is InChI=1S/C50H40N6O/c1-2-17-47-51-48(44-29-16-19-37-18-12-13-26-42(37)44)46(35-57)55(47)34-36-30-32-38(33-31-36)43-27-14-15-28-45(43)49-52-53-54-56(49)50(39-20-6-3-7-21-39,40-22-8-4-9-23-40)41-24-10-5-11-25-41/h3-16,18-33,35H,2,17,34H2,1H3. The second-order valence-corrected chi connectivity index (χ2v) is 14.2. The highest BCUT2D eigenvalue weighted by molar-refractivity contribution is 5.99. The molecular weight excluding hydrogens is 701 g/mol. The van der Waals surface area contributed by atoms with Crippen molar-refractivity contribution >= 4 is 17.1 Å². The van der Waals surface area contributed by atoms with Crippen molar-refractivity contribution in [2.24, 2.45) is 0 Å². The van der Waals surface area contributed by atoms with E-state index in [9.17, 15) is 4.79 Å². The van der Waals surface area contributed by atoms with Crippen LogP contribution in [0.25, 0.3) is 44.5 Å². The number of hydrogen-bond donors (Lipinski definition) is 0. The number of hydrogen-bond acceptors (Lipinski definition) is 5.